The van der Waals surface area contributed by atoms with Crippen LogP contribution >= 0.6 is 0 Å². The number of nitrogens with two attached hydrogens (primary N) is 2. The molecular formula is C43H54N6O10. The van der Waals surface area contributed by atoms with Crippen molar-refractivity contribution in [1.29, 1.82) is 0 Å². The first-order valence-electron chi connectivity index (χ1n) is 19.1. The Morgan fingerprint density at radius 2 is 1.39 bits per heavy atom. The quantitative estimate of drug-likeness (QED) is 0.0323. The molecule has 4 aromatic rings. The molecular weight excluding hydrogens is 761 g/mol. The maximum absolute atomic E-state index is 14.4. The zero-order chi connectivity index (χ0) is 43.7. The molecule has 0 radical (unpaired) electrons. The largest absolute Gasteiger partial charge is 0.508 e. The third-order valence-corrected chi connectivity index (χ3v) is 11.0. The van der Waals surface area contributed by atoms with Crippen LogP contribution in [0, 0.1) is 23.7 Å². The van der Waals surface area contributed by atoms with Gasteiger partial charge < -0.3 is 52.6 Å². The minimum Gasteiger partial charge on any atom is -0.508 e. The van der Waals surface area contributed by atoms with Gasteiger partial charge in [-0.2, -0.15) is 0 Å². The summed E-state index contributed by atoms with van der Waals surface area (Å²) in [6.07, 6.45) is 0.210. The Kier molecular flexibility index (Phi) is 14.4. The van der Waals surface area contributed by atoms with Crippen molar-refractivity contribution in [2.24, 2.45) is 28.2 Å². The van der Waals surface area contributed by atoms with Crippen LogP contribution in [0.15, 0.2) is 78.9 Å². The van der Waals surface area contributed by atoms with Crippen molar-refractivity contribution in [1.82, 2.24) is 9.88 Å². The molecule has 0 bridgehead atoms. The Morgan fingerprint density at radius 3 is 1.95 bits per heavy atom. The number of benzene rings is 3. The van der Waals surface area contributed by atoms with Crippen molar-refractivity contribution < 1.29 is 49.1 Å². The number of primary amides is 1. The molecule has 4 rings (SSSR count). The average Bonchev–Trinajstić information content (AvgIpc) is 3.43. The van der Waals surface area contributed by atoms with E-state index in [0.29, 0.717) is 23.5 Å². The zero-order valence-electron chi connectivity index (χ0n) is 33.9. The van der Waals surface area contributed by atoms with Crippen molar-refractivity contribution in [2.45, 2.75) is 65.7 Å². The van der Waals surface area contributed by atoms with Gasteiger partial charge in [0.1, 0.15) is 12.4 Å². The van der Waals surface area contributed by atoms with E-state index in [1.165, 1.54) is 66.9 Å². The van der Waals surface area contributed by atoms with E-state index >= 15 is 0 Å². The molecule has 0 aliphatic carbocycles. The number of aromatic nitrogens is 1. The second-order valence-electron chi connectivity index (χ2n) is 15.6. The molecule has 0 spiro atoms. The van der Waals surface area contributed by atoms with Crippen LogP contribution in [0.5, 0.6) is 17.5 Å². The number of nitrogens with one attached hydrogen (secondary N) is 3. The van der Waals surface area contributed by atoms with Gasteiger partial charge in [0, 0.05) is 27.9 Å². The molecule has 0 aliphatic rings. The van der Waals surface area contributed by atoms with Gasteiger partial charge in [-0.25, -0.2) is 9.59 Å². The van der Waals surface area contributed by atoms with Crippen molar-refractivity contribution >= 4 is 41.2 Å². The van der Waals surface area contributed by atoms with Gasteiger partial charge in [0.25, 0.3) is 0 Å². The van der Waals surface area contributed by atoms with E-state index in [0.717, 1.165) is 0 Å². The highest BCUT2D eigenvalue weighted by atomic mass is 16.5. The number of para-hydroxylation sites is 1. The summed E-state index contributed by atoms with van der Waals surface area (Å²) >= 11 is 0. The van der Waals surface area contributed by atoms with Crippen LogP contribution in [0.25, 0.3) is 5.69 Å². The predicted octanol–water partition coefficient (Wildman–Crippen LogP) is 5.52. The van der Waals surface area contributed by atoms with E-state index in [1.54, 1.807) is 44.2 Å². The van der Waals surface area contributed by atoms with Crippen molar-refractivity contribution in [3.63, 3.8) is 0 Å². The Hall–Kier alpha value is -6.55. The number of hydrogen-bond acceptors (Lipinski definition) is 10. The molecule has 4 atom stereocenters. The first kappa shape index (κ1) is 45.2. The number of aromatic hydroxyl groups is 3. The standard InChI is InChI=1S/C43H54N6O10/c1-6-41(3,38(56)47-29-14-12-28(13-15-29)36(53)54)22-27(24-44)23-42(4,39(57)59-21-20-46-40(58)48-30-16-18-32(50)19-17-30)25-43(5,37(45)55)33-26(2)34(51)49(35(33)52)31-10-8-7-9-11-31/h7-19,27,50-52H,6,20-25,44H2,1-5H3,(H2,45,55)(H,47,56)(H,53,54)(H2,46,48,58). The van der Waals surface area contributed by atoms with Gasteiger partial charge in [-0.15, -0.1) is 0 Å². The van der Waals surface area contributed by atoms with E-state index in [4.69, 9.17) is 16.2 Å². The number of carbonyl (C=O) groups excluding carboxylic acids is 4. The third-order valence-electron chi connectivity index (χ3n) is 11.0. The van der Waals surface area contributed by atoms with E-state index in [9.17, 15) is 44.4 Å². The SMILES string of the molecule is CCC(C)(CC(CN)CC(C)(CC(C)(C(N)=O)c1c(C)c(O)n(-c2ccccc2)c1O)C(=O)OCCNC(=O)Nc1ccc(O)cc1)C(=O)Nc1ccc(C(=O)O)cc1. The minimum atomic E-state index is -1.78. The Bertz CT molecular complexity index is 2140. The maximum Gasteiger partial charge on any atom is 0.335 e. The minimum absolute atomic E-state index is 0.00827. The normalized spacial score (nSPS) is 14.7. The number of carboxylic acid groups (broad SMARTS) is 1. The molecule has 0 saturated heterocycles. The molecule has 4 unspecified atom stereocenters. The molecule has 0 aliphatic heterocycles. The van der Waals surface area contributed by atoms with Gasteiger partial charge >= 0.3 is 18.0 Å². The predicted molar refractivity (Wildman–Crippen MR) is 221 cm³/mol. The lowest BCUT2D eigenvalue weighted by Gasteiger charge is -2.40. The molecule has 0 saturated carbocycles. The smallest absolute Gasteiger partial charge is 0.335 e. The summed E-state index contributed by atoms with van der Waals surface area (Å²) in [6, 6.07) is 19.4. The lowest BCUT2D eigenvalue weighted by atomic mass is 9.64. The van der Waals surface area contributed by atoms with Crippen molar-refractivity contribution in [2.75, 3.05) is 30.3 Å². The summed E-state index contributed by atoms with van der Waals surface area (Å²) in [5.74, 6) is -4.42. The van der Waals surface area contributed by atoms with E-state index in [-0.39, 0.29) is 73.2 Å². The van der Waals surface area contributed by atoms with Crippen LogP contribution in [-0.4, -0.2) is 74.5 Å². The summed E-state index contributed by atoms with van der Waals surface area (Å²) in [5, 5.41) is 49.8. The van der Waals surface area contributed by atoms with Crippen LogP contribution in [0.3, 0.4) is 0 Å². The van der Waals surface area contributed by atoms with Gasteiger partial charge in [0.15, 0.2) is 0 Å². The molecule has 4 amide bonds. The molecule has 59 heavy (non-hydrogen) atoms. The highest BCUT2D eigenvalue weighted by molar-refractivity contribution is 5.96. The van der Waals surface area contributed by atoms with E-state index < -0.39 is 51.9 Å². The number of esters is 1. The second-order valence-corrected chi connectivity index (χ2v) is 15.6. The first-order valence-corrected chi connectivity index (χ1v) is 19.1. The van der Waals surface area contributed by atoms with Crippen LogP contribution in [0.1, 0.15) is 74.9 Å². The molecule has 16 heteroatoms. The van der Waals surface area contributed by atoms with Crippen LogP contribution in [0.2, 0.25) is 0 Å². The number of amides is 4. The number of phenols is 1. The van der Waals surface area contributed by atoms with Crippen LogP contribution < -0.4 is 27.4 Å². The molecule has 0 fully saturated rings. The van der Waals surface area contributed by atoms with Gasteiger partial charge in [-0.3, -0.25) is 19.0 Å². The summed E-state index contributed by atoms with van der Waals surface area (Å²) in [5.41, 5.74) is 9.55. The topological polar surface area (TPSA) is 269 Å². The summed E-state index contributed by atoms with van der Waals surface area (Å²) in [6.45, 7) is 7.81. The zero-order valence-corrected chi connectivity index (χ0v) is 33.9. The third kappa shape index (κ3) is 10.5. The Balaban J connectivity index is 1.65. The van der Waals surface area contributed by atoms with Crippen molar-refractivity contribution in [3.05, 3.63) is 95.6 Å². The van der Waals surface area contributed by atoms with Gasteiger partial charge in [0.2, 0.25) is 23.6 Å². The molecule has 16 nitrogen and oxygen atoms in total. The van der Waals surface area contributed by atoms with Gasteiger partial charge in [-0.05, 0) is 120 Å². The fourth-order valence-corrected chi connectivity index (χ4v) is 7.54. The van der Waals surface area contributed by atoms with E-state index in [1.807, 2.05) is 6.92 Å². The second kappa shape index (κ2) is 18.8. The molecule has 3 aromatic carbocycles. The number of aromatic carboxylic acids is 1. The summed E-state index contributed by atoms with van der Waals surface area (Å²) < 4.78 is 6.93. The molecule has 1 aromatic heterocycles. The molecule has 1 heterocycles. The number of carboxylic acids is 1. The van der Waals surface area contributed by atoms with E-state index in [2.05, 4.69) is 16.0 Å². The number of urea groups is 1. The monoisotopic (exact) mass is 814 g/mol. The fraction of sp³-hybridized carbons (Fsp3) is 0.372. The Morgan fingerprint density at radius 1 is 0.814 bits per heavy atom. The number of carbonyl (C=O) groups is 5. The maximum atomic E-state index is 14.4. The van der Waals surface area contributed by atoms with Crippen LogP contribution in [0.4, 0.5) is 16.2 Å². The first-order chi connectivity index (χ1) is 27.8. The lowest BCUT2D eigenvalue weighted by Crippen LogP contribution is -2.47. The molecule has 316 valence electrons. The number of anilines is 2. The number of nitrogens with zero attached hydrogens (tertiary/aromatic N) is 1. The van der Waals surface area contributed by atoms with Crippen molar-refractivity contribution in [3.8, 4) is 23.2 Å². The Labute approximate surface area is 342 Å². The van der Waals surface area contributed by atoms with Gasteiger partial charge in [0.05, 0.1) is 28.6 Å². The number of ether oxygens (including phenoxy) is 1. The number of rotatable bonds is 19. The fourth-order valence-electron chi connectivity index (χ4n) is 7.54. The highest BCUT2D eigenvalue weighted by Crippen LogP contribution is 2.50. The highest BCUT2D eigenvalue weighted by Gasteiger charge is 2.50. The van der Waals surface area contributed by atoms with Gasteiger partial charge in [-0.1, -0.05) is 32.0 Å². The molecule has 11 N–H and O–H groups in total. The average molecular weight is 815 g/mol. The lowest BCUT2D eigenvalue weighted by molar-refractivity contribution is -0.158. The summed E-state index contributed by atoms with van der Waals surface area (Å²) in [7, 11) is 0. The number of phenolic OH excluding ortho intramolecular Hbond substituents is 1. The number of hydrogen-bond donors (Lipinski definition) is 9. The van der Waals surface area contributed by atoms with Crippen LogP contribution in [-0.2, 0) is 24.5 Å². The summed E-state index contributed by atoms with van der Waals surface area (Å²) in [4.78, 5) is 65.6.